The smallest absolute Gasteiger partial charge is 0.263 e. The monoisotopic (exact) mass is 489 g/mol. The molecule has 0 spiro atoms. The van der Waals surface area contributed by atoms with E-state index in [1.807, 2.05) is 13.0 Å². The molecule has 8 nitrogen and oxygen atoms in total. The molecule has 1 N–H and O–H groups in total. The molecule has 0 saturated carbocycles. The molecule has 11 heteroatoms. The van der Waals surface area contributed by atoms with Gasteiger partial charge in [0.2, 0.25) is 5.88 Å². The fourth-order valence-electron chi connectivity index (χ4n) is 2.79. The van der Waals surface area contributed by atoms with Crippen LogP contribution < -0.4 is 9.46 Å². The molecule has 0 amide bonds. The van der Waals surface area contributed by atoms with Crippen molar-refractivity contribution in [2.45, 2.75) is 18.7 Å². The molecular formula is C21H17Cl2N5O3S. The molecule has 4 aromatic rings. The number of sulfonamides is 1. The van der Waals surface area contributed by atoms with E-state index in [9.17, 15) is 8.42 Å². The van der Waals surface area contributed by atoms with Crippen LogP contribution in [0.5, 0.6) is 11.6 Å². The highest BCUT2D eigenvalue weighted by Crippen LogP contribution is 2.30. The lowest BCUT2D eigenvalue weighted by atomic mass is 10.2. The Bertz CT molecular complexity index is 1370. The van der Waals surface area contributed by atoms with Gasteiger partial charge in [0.1, 0.15) is 10.6 Å². The van der Waals surface area contributed by atoms with Crippen molar-refractivity contribution in [2.24, 2.45) is 0 Å². The van der Waals surface area contributed by atoms with Crippen molar-refractivity contribution in [3.63, 3.8) is 0 Å². The number of anilines is 1. The zero-order valence-electron chi connectivity index (χ0n) is 17.0. The summed E-state index contributed by atoms with van der Waals surface area (Å²) < 4.78 is 35.2. The van der Waals surface area contributed by atoms with E-state index in [0.29, 0.717) is 27.8 Å². The van der Waals surface area contributed by atoms with Gasteiger partial charge < -0.3 is 4.74 Å². The van der Waals surface area contributed by atoms with Gasteiger partial charge in [0.25, 0.3) is 10.0 Å². The standard InChI is InChI=1S/C21H17Cl2N5O3S/c1-13-11-19(18(23)12-17(13)22)32(29,30)27-15-3-5-16(6-4-15)31-21-8-7-20(24-25-21)28-10-9-14(2)26-28/h3-12,27H,1-2H3. The van der Waals surface area contributed by atoms with Crippen LogP contribution >= 0.6 is 23.2 Å². The van der Waals surface area contributed by atoms with Gasteiger partial charge in [0.05, 0.1) is 10.7 Å². The van der Waals surface area contributed by atoms with E-state index < -0.39 is 10.0 Å². The van der Waals surface area contributed by atoms with Crippen molar-refractivity contribution in [3.8, 4) is 17.4 Å². The summed E-state index contributed by atoms with van der Waals surface area (Å²) in [6, 6.07) is 14.5. The number of aryl methyl sites for hydroxylation is 2. The minimum Gasteiger partial charge on any atom is -0.438 e. The third kappa shape index (κ3) is 4.85. The van der Waals surface area contributed by atoms with E-state index in [0.717, 1.165) is 5.69 Å². The molecule has 2 heterocycles. The third-order valence-electron chi connectivity index (χ3n) is 4.41. The molecule has 32 heavy (non-hydrogen) atoms. The van der Waals surface area contributed by atoms with E-state index in [1.54, 1.807) is 54.2 Å². The summed E-state index contributed by atoms with van der Waals surface area (Å²) in [6.07, 6.45) is 1.79. The Balaban J connectivity index is 1.46. The zero-order chi connectivity index (χ0) is 22.9. The minimum atomic E-state index is -3.90. The molecule has 0 aliphatic heterocycles. The van der Waals surface area contributed by atoms with Crippen LogP contribution in [0.15, 0.2) is 65.7 Å². The molecule has 0 fully saturated rings. The molecule has 0 bridgehead atoms. The Morgan fingerprint density at radius 2 is 1.69 bits per heavy atom. The molecular weight excluding hydrogens is 473 g/mol. The highest BCUT2D eigenvalue weighted by molar-refractivity contribution is 7.92. The van der Waals surface area contributed by atoms with E-state index >= 15 is 0 Å². The molecule has 4 rings (SSSR count). The number of aromatic nitrogens is 4. The van der Waals surface area contributed by atoms with Gasteiger partial charge in [-0.1, -0.05) is 23.2 Å². The SMILES string of the molecule is Cc1ccn(-c2ccc(Oc3ccc(NS(=O)(=O)c4cc(C)c(Cl)cc4Cl)cc3)nn2)n1. The summed E-state index contributed by atoms with van der Waals surface area (Å²) in [6.45, 7) is 3.59. The molecule has 0 unspecified atom stereocenters. The lowest BCUT2D eigenvalue weighted by molar-refractivity contribution is 0.454. The van der Waals surface area contributed by atoms with Crippen molar-refractivity contribution in [2.75, 3.05) is 4.72 Å². The molecule has 0 radical (unpaired) electrons. The summed E-state index contributed by atoms with van der Waals surface area (Å²) >= 11 is 12.1. The largest absolute Gasteiger partial charge is 0.438 e. The fourth-order valence-corrected chi connectivity index (χ4v) is 4.68. The van der Waals surface area contributed by atoms with Crippen molar-refractivity contribution >= 4 is 38.9 Å². The molecule has 0 aliphatic carbocycles. The van der Waals surface area contributed by atoms with Gasteiger partial charge in [-0.2, -0.15) is 5.10 Å². The van der Waals surface area contributed by atoms with Crippen LogP contribution in [0.1, 0.15) is 11.3 Å². The van der Waals surface area contributed by atoms with E-state index in [2.05, 4.69) is 20.0 Å². The first-order valence-electron chi connectivity index (χ1n) is 9.34. The highest BCUT2D eigenvalue weighted by Gasteiger charge is 2.19. The fraction of sp³-hybridized carbons (Fsp3) is 0.0952. The summed E-state index contributed by atoms with van der Waals surface area (Å²) in [7, 11) is -3.90. The third-order valence-corrected chi connectivity index (χ3v) is 6.67. The first-order valence-corrected chi connectivity index (χ1v) is 11.6. The average molecular weight is 490 g/mol. The van der Waals surface area contributed by atoms with Gasteiger partial charge in [-0.05, 0) is 67.9 Å². The Labute approximate surface area is 194 Å². The highest BCUT2D eigenvalue weighted by atomic mass is 35.5. The lowest BCUT2D eigenvalue weighted by Gasteiger charge is -2.12. The molecule has 0 atom stereocenters. The Morgan fingerprint density at radius 1 is 0.938 bits per heavy atom. The predicted octanol–water partition coefficient (Wildman–Crippen LogP) is 5.18. The maximum absolute atomic E-state index is 12.7. The van der Waals surface area contributed by atoms with Crippen molar-refractivity contribution in [3.05, 3.63) is 82.1 Å². The first kappa shape index (κ1) is 22.1. The van der Waals surface area contributed by atoms with Crippen molar-refractivity contribution < 1.29 is 13.2 Å². The van der Waals surface area contributed by atoms with Crippen LogP contribution in [0, 0.1) is 13.8 Å². The number of hydrogen-bond acceptors (Lipinski definition) is 6. The van der Waals surface area contributed by atoms with E-state index in [-0.39, 0.29) is 15.8 Å². The van der Waals surface area contributed by atoms with Crippen LogP contribution in [0.25, 0.3) is 5.82 Å². The maximum atomic E-state index is 12.7. The van der Waals surface area contributed by atoms with Gasteiger partial charge in [0.15, 0.2) is 5.82 Å². The number of benzene rings is 2. The number of halogens is 2. The number of ether oxygens (including phenoxy) is 1. The van der Waals surface area contributed by atoms with Crippen LogP contribution in [0.4, 0.5) is 5.69 Å². The summed E-state index contributed by atoms with van der Waals surface area (Å²) in [5.41, 5.74) is 1.82. The first-order chi connectivity index (χ1) is 15.2. The van der Waals surface area contributed by atoms with Crippen LogP contribution in [-0.2, 0) is 10.0 Å². The molecule has 2 aromatic carbocycles. The zero-order valence-corrected chi connectivity index (χ0v) is 19.3. The van der Waals surface area contributed by atoms with Gasteiger partial charge in [-0.25, -0.2) is 13.1 Å². The second-order valence-electron chi connectivity index (χ2n) is 6.90. The number of nitrogens with one attached hydrogen (secondary N) is 1. The van der Waals surface area contributed by atoms with Gasteiger partial charge in [0, 0.05) is 23.0 Å². The van der Waals surface area contributed by atoms with Gasteiger partial charge >= 0.3 is 0 Å². The Kier molecular flexibility index (Phi) is 6.05. The Morgan fingerprint density at radius 3 is 2.31 bits per heavy atom. The van der Waals surface area contributed by atoms with Crippen molar-refractivity contribution in [1.29, 1.82) is 0 Å². The van der Waals surface area contributed by atoms with Crippen LogP contribution in [0.3, 0.4) is 0 Å². The predicted molar refractivity (Wildman–Crippen MR) is 122 cm³/mol. The molecule has 0 saturated heterocycles. The average Bonchev–Trinajstić information content (AvgIpc) is 3.18. The van der Waals surface area contributed by atoms with Crippen LogP contribution in [0.2, 0.25) is 10.0 Å². The molecule has 2 aromatic heterocycles. The quantitative estimate of drug-likeness (QED) is 0.400. The topological polar surface area (TPSA) is 99.0 Å². The lowest BCUT2D eigenvalue weighted by Crippen LogP contribution is -2.13. The summed E-state index contributed by atoms with van der Waals surface area (Å²) in [5.74, 6) is 1.31. The number of rotatable bonds is 6. The molecule has 0 aliphatic rings. The normalized spacial score (nSPS) is 11.4. The van der Waals surface area contributed by atoms with Crippen LogP contribution in [-0.4, -0.2) is 28.4 Å². The maximum Gasteiger partial charge on any atom is 0.263 e. The second-order valence-corrected chi connectivity index (χ2v) is 9.36. The Hall–Kier alpha value is -3.14. The van der Waals surface area contributed by atoms with Gasteiger partial charge in [-0.3, -0.25) is 4.72 Å². The summed E-state index contributed by atoms with van der Waals surface area (Å²) in [5, 5.41) is 12.8. The number of nitrogens with zero attached hydrogens (tertiary/aromatic N) is 4. The summed E-state index contributed by atoms with van der Waals surface area (Å²) in [4.78, 5) is -0.0517. The van der Waals surface area contributed by atoms with Crippen molar-refractivity contribution in [1.82, 2.24) is 20.0 Å². The molecule has 164 valence electrons. The number of hydrogen-bond donors (Lipinski definition) is 1. The second kappa shape index (κ2) is 8.78. The van der Waals surface area contributed by atoms with E-state index in [1.165, 1.54) is 12.1 Å². The van der Waals surface area contributed by atoms with Gasteiger partial charge in [-0.15, -0.1) is 10.2 Å². The minimum absolute atomic E-state index is 0.0420. The van der Waals surface area contributed by atoms with E-state index in [4.69, 9.17) is 27.9 Å².